The lowest BCUT2D eigenvalue weighted by molar-refractivity contribution is 0.0885. The molecule has 2 aliphatic carbocycles. The molecule has 3 N–H and O–H groups in total. The van der Waals surface area contributed by atoms with Gasteiger partial charge in [0.15, 0.2) is 0 Å². The molecule has 1 fully saturated rings. The summed E-state index contributed by atoms with van der Waals surface area (Å²) in [6.45, 7) is 6.26. The first-order valence-corrected chi connectivity index (χ1v) is 9.35. The van der Waals surface area contributed by atoms with Gasteiger partial charge in [-0.2, -0.15) is 0 Å². The molecule has 2 atom stereocenters. The van der Waals surface area contributed by atoms with Crippen molar-refractivity contribution in [2.24, 2.45) is 5.92 Å². The van der Waals surface area contributed by atoms with Gasteiger partial charge in [0.2, 0.25) is 0 Å². The van der Waals surface area contributed by atoms with Crippen LogP contribution in [0.2, 0.25) is 0 Å². The fourth-order valence-corrected chi connectivity index (χ4v) is 5.61. The van der Waals surface area contributed by atoms with E-state index in [9.17, 15) is 4.79 Å². The highest BCUT2D eigenvalue weighted by Gasteiger charge is 2.41. The van der Waals surface area contributed by atoms with Gasteiger partial charge in [0.25, 0.3) is 5.91 Å². The lowest BCUT2D eigenvalue weighted by Crippen LogP contribution is -2.49. The average molecular weight is 341 g/mol. The normalized spacial score (nSPS) is 25.8. The van der Waals surface area contributed by atoms with E-state index in [1.54, 1.807) is 0 Å². The molecule has 126 valence electrons. The predicted octanol–water partition coefficient (Wildman–Crippen LogP) is 4.11. The Hall–Kier alpha value is -1.88. The summed E-state index contributed by atoms with van der Waals surface area (Å²) in [5.41, 5.74) is 10.3. The smallest absolute Gasteiger partial charge is 0.264 e. The molecule has 1 unspecified atom stereocenters. The number of rotatable bonds is 2. The van der Waals surface area contributed by atoms with Crippen LogP contribution in [-0.2, 0) is 0 Å². The molecule has 1 amide bonds. The molecule has 2 aromatic heterocycles. The van der Waals surface area contributed by atoms with Crippen LogP contribution in [0.5, 0.6) is 0 Å². The maximum Gasteiger partial charge on any atom is 0.264 e. The number of thiophene rings is 1. The largest absolute Gasteiger partial charge is 0.397 e. The Kier molecular flexibility index (Phi) is 3.46. The molecule has 0 aliphatic heterocycles. The third kappa shape index (κ3) is 2.42. The minimum Gasteiger partial charge on any atom is -0.397 e. The van der Waals surface area contributed by atoms with Crippen LogP contribution in [0.15, 0.2) is 17.7 Å². The highest BCUT2D eigenvalue weighted by Crippen LogP contribution is 2.44. The number of hydrogen-bond acceptors (Lipinski definition) is 4. The molecule has 24 heavy (non-hydrogen) atoms. The van der Waals surface area contributed by atoms with E-state index in [-0.39, 0.29) is 11.4 Å². The molecule has 1 saturated carbocycles. The van der Waals surface area contributed by atoms with E-state index in [0.717, 1.165) is 40.7 Å². The molecule has 4 nitrogen and oxygen atoms in total. The molecule has 0 aromatic carbocycles. The number of pyridine rings is 1. The molecule has 2 bridgehead atoms. The Morgan fingerprint density at radius 1 is 1.46 bits per heavy atom. The Morgan fingerprint density at radius 3 is 3.04 bits per heavy atom. The fourth-order valence-electron chi connectivity index (χ4n) is 4.50. The summed E-state index contributed by atoms with van der Waals surface area (Å²) in [4.78, 5) is 19.0. The number of nitrogen functional groups attached to an aromatic ring is 1. The summed E-state index contributed by atoms with van der Waals surface area (Å²) in [5, 5.41) is 4.24. The first-order valence-electron chi connectivity index (χ1n) is 8.53. The second kappa shape index (κ2) is 5.31. The number of aryl methyl sites for hydroxylation is 2. The third-order valence-corrected chi connectivity index (χ3v) is 6.40. The summed E-state index contributed by atoms with van der Waals surface area (Å²) in [6.07, 6.45) is 6.46. The van der Waals surface area contributed by atoms with Crippen molar-refractivity contribution >= 4 is 33.1 Å². The van der Waals surface area contributed by atoms with E-state index < -0.39 is 0 Å². The van der Waals surface area contributed by atoms with Gasteiger partial charge in [0, 0.05) is 16.6 Å². The lowest BCUT2D eigenvalue weighted by Gasteiger charge is -2.37. The Labute approximate surface area is 146 Å². The summed E-state index contributed by atoms with van der Waals surface area (Å²) in [5.74, 6) is 0.579. The minimum absolute atomic E-state index is 0.0451. The van der Waals surface area contributed by atoms with Crippen LogP contribution in [0.1, 0.15) is 53.5 Å². The quantitative estimate of drug-likeness (QED) is 0.808. The monoisotopic (exact) mass is 341 g/mol. The van der Waals surface area contributed by atoms with Gasteiger partial charge in [-0.1, -0.05) is 18.6 Å². The van der Waals surface area contributed by atoms with E-state index in [1.165, 1.54) is 23.3 Å². The molecule has 2 aliphatic rings. The number of nitrogens with one attached hydrogen (secondary N) is 1. The topological polar surface area (TPSA) is 68.0 Å². The summed E-state index contributed by atoms with van der Waals surface area (Å²) >= 11 is 1.41. The van der Waals surface area contributed by atoms with E-state index in [0.29, 0.717) is 16.5 Å². The SMILES string of the molecule is Cc1cc(C)c2c(N)c(C(=O)NC34CC=C(C[C@@H](C)C3)C4)sc2n1. The minimum atomic E-state index is -0.106. The molecule has 2 aromatic rings. The second-order valence-electron chi connectivity index (χ2n) is 7.60. The number of hydrogen-bond donors (Lipinski definition) is 2. The molecule has 4 rings (SSSR count). The van der Waals surface area contributed by atoms with Gasteiger partial charge in [-0.05, 0) is 57.1 Å². The molecular weight excluding hydrogens is 318 g/mol. The number of carbonyl (C=O) groups is 1. The highest BCUT2D eigenvalue weighted by atomic mass is 32.1. The maximum absolute atomic E-state index is 13.0. The number of nitrogens with two attached hydrogens (primary N) is 1. The molecule has 0 spiro atoms. The number of carbonyl (C=O) groups excluding carboxylic acids is 1. The van der Waals surface area contributed by atoms with Gasteiger partial charge in [-0.15, -0.1) is 11.3 Å². The van der Waals surface area contributed by atoms with Crippen molar-refractivity contribution < 1.29 is 4.79 Å². The number of nitrogens with zero attached hydrogens (tertiary/aromatic N) is 1. The first-order chi connectivity index (χ1) is 11.4. The van der Waals surface area contributed by atoms with Crippen molar-refractivity contribution in [2.45, 2.75) is 52.0 Å². The lowest BCUT2D eigenvalue weighted by atomic mass is 9.77. The van der Waals surface area contributed by atoms with Crippen molar-refractivity contribution in [1.82, 2.24) is 10.3 Å². The van der Waals surface area contributed by atoms with Crippen molar-refractivity contribution in [3.05, 3.63) is 33.9 Å². The van der Waals surface area contributed by atoms with Crippen molar-refractivity contribution in [1.29, 1.82) is 0 Å². The Morgan fingerprint density at radius 2 is 2.25 bits per heavy atom. The van der Waals surface area contributed by atoms with Gasteiger partial charge in [-0.3, -0.25) is 4.79 Å². The van der Waals surface area contributed by atoms with Crippen molar-refractivity contribution in [2.75, 3.05) is 5.73 Å². The summed E-state index contributed by atoms with van der Waals surface area (Å²) in [7, 11) is 0. The summed E-state index contributed by atoms with van der Waals surface area (Å²) in [6, 6.07) is 2.02. The number of fused-ring (bicyclic) bond motifs is 3. The molecule has 0 saturated heterocycles. The van der Waals surface area contributed by atoms with Crippen LogP contribution in [0.25, 0.3) is 10.2 Å². The van der Waals surface area contributed by atoms with Crippen LogP contribution >= 0.6 is 11.3 Å². The van der Waals surface area contributed by atoms with E-state index >= 15 is 0 Å². The molecule has 0 radical (unpaired) electrons. The van der Waals surface area contributed by atoms with Crippen LogP contribution < -0.4 is 11.1 Å². The van der Waals surface area contributed by atoms with Crippen LogP contribution in [0, 0.1) is 19.8 Å². The zero-order valence-electron chi connectivity index (χ0n) is 14.4. The van der Waals surface area contributed by atoms with Gasteiger partial charge in [0.05, 0.1) is 5.69 Å². The third-order valence-electron chi connectivity index (χ3n) is 5.31. The standard InChI is InChI=1S/C19H23N3OS/c1-10-6-13-4-5-19(8-10,9-13)22-17(23)16-15(20)14-11(2)7-12(3)21-18(14)24-16/h4,7,10H,5-6,8-9,20H2,1-3H3,(H,22,23)/t10-,19?/m1/s1. The van der Waals surface area contributed by atoms with Crippen LogP contribution in [-0.4, -0.2) is 16.4 Å². The van der Waals surface area contributed by atoms with Gasteiger partial charge < -0.3 is 11.1 Å². The fraction of sp³-hybridized carbons (Fsp3) is 0.474. The first kappa shape index (κ1) is 15.6. The van der Waals surface area contributed by atoms with Crippen molar-refractivity contribution in [3.63, 3.8) is 0 Å². The van der Waals surface area contributed by atoms with Gasteiger partial charge >= 0.3 is 0 Å². The zero-order chi connectivity index (χ0) is 17.1. The molecule has 5 heteroatoms. The number of aromatic nitrogens is 1. The number of amides is 1. The molecule has 2 heterocycles. The van der Waals surface area contributed by atoms with Crippen LogP contribution in [0.4, 0.5) is 5.69 Å². The van der Waals surface area contributed by atoms with E-state index in [4.69, 9.17) is 5.73 Å². The highest BCUT2D eigenvalue weighted by molar-refractivity contribution is 7.21. The second-order valence-corrected chi connectivity index (χ2v) is 8.60. The van der Waals surface area contributed by atoms with E-state index in [2.05, 4.69) is 23.3 Å². The molecular formula is C19H23N3OS. The zero-order valence-corrected chi connectivity index (χ0v) is 15.2. The number of anilines is 1. The Bertz CT molecular complexity index is 882. The Balaban J connectivity index is 1.67. The average Bonchev–Trinajstić information content (AvgIpc) is 2.96. The van der Waals surface area contributed by atoms with Crippen LogP contribution in [0.3, 0.4) is 0 Å². The van der Waals surface area contributed by atoms with Gasteiger partial charge in [-0.25, -0.2) is 4.98 Å². The summed E-state index contributed by atoms with van der Waals surface area (Å²) < 4.78 is 0. The van der Waals surface area contributed by atoms with Gasteiger partial charge in [0.1, 0.15) is 9.71 Å². The van der Waals surface area contributed by atoms with Crippen molar-refractivity contribution in [3.8, 4) is 0 Å². The van der Waals surface area contributed by atoms with E-state index in [1.807, 2.05) is 19.9 Å². The maximum atomic E-state index is 13.0. The predicted molar refractivity (Wildman–Crippen MR) is 99.4 cm³/mol.